The molecule has 0 bridgehead atoms. The van der Waals surface area contributed by atoms with Gasteiger partial charge in [0.05, 0.1) is 6.20 Å². The Hall–Kier alpha value is -2.65. The van der Waals surface area contributed by atoms with Crippen LogP contribution in [0.25, 0.3) is 10.9 Å². The van der Waals surface area contributed by atoms with Crippen LogP contribution in [0, 0.1) is 0 Å². The van der Waals surface area contributed by atoms with Gasteiger partial charge >= 0.3 is 0 Å². The number of aromatic amines is 1. The van der Waals surface area contributed by atoms with Gasteiger partial charge in [-0.2, -0.15) is 9.40 Å². The van der Waals surface area contributed by atoms with Crippen molar-refractivity contribution in [1.29, 1.82) is 0 Å². The lowest BCUT2D eigenvalue weighted by Crippen LogP contribution is -2.37. The van der Waals surface area contributed by atoms with Crippen molar-refractivity contribution >= 4 is 26.8 Å². The zero-order valence-electron chi connectivity index (χ0n) is 15.0. The fraction of sp³-hybridized carbons (Fsp3) is 0.333. The quantitative estimate of drug-likeness (QED) is 0.736. The van der Waals surface area contributed by atoms with Crippen molar-refractivity contribution in [2.75, 3.05) is 26.2 Å². The third-order valence-electron chi connectivity index (χ3n) is 4.86. The topological polar surface area (TPSA) is 91.3 Å². The summed E-state index contributed by atoms with van der Waals surface area (Å²) >= 11 is 0. The van der Waals surface area contributed by atoms with Crippen molar-refractivity contribution < 1.29 is 13.2 Å². The molecule has 0 unspecified atom stereocenters. The first-order valence-corrected chi connectivity index (χ1v) is 10.2. The predicted molar refractivity (Wildman–Crippen MR) is 101 cm³/mol. The summed E-state index contributed by atoms with van der Waals surface area (Å²) in [5.74, 6) is -0.0706. The molecule has 0 spiro atoms. The minimum Gasteiger partial charge on any atom is -0.361 e. The molecule has 4 rings (SSSR count). The van der Waals surface area contributed by atoms with Gasteiger partial charge in [0.25, 0.3) is 5.91 Å². The Morgan fingerprint density at radius 1 is 1.15 bits per heavy atom. The average Bonchev–Trinajstić information content (AvgIpc) is 3.22. The number of nitrogens with one attached hydrogen (secondary N) is 1. The molecule has 1 saturated heterocycles. The Balaban J connectivity index is 1.50. The van der Waals surface area contributed by atoms with E-state index in [4.69, 9.17) is 0 Å². The summed E-state index contributed by atoms with van der Waals surface area (Å²) < 4.78 is 28.5. The van der Waals surface area contributed by atoms with Gasteiger partial charge in [-0.1, -0.05) is 0 Å². The molecule has 0 atom stereocenters. The van der Waals surface area contributed by atoms with Gasteiger partial charge in [-0.05, 0) is 30.7 Å². The Bertz CT molecular complexity index is 1090. The van der Waals surface area contributed by atoms with E-state index in [9.17, 15) is 13.2 Å². The number of H-pyrrole nitrogens is 1. The first-order chi connectivity index (χ1) is 12.9. The minimum atomic E-state index is -3.59. The molecule has 27 heavy (non-hydrogen) atoms. The summed E-state index contributed by atoms with van der Waals surface area (Å²) in [4.78, 5) is 17.9. The van der Waals surface area contributed by atoms with Gasteiger partial charge in [-0.3, -0.25) is 9.48 Å². The highest BCUT2D eigenvalue weighted by atomic mass is 32.2. The molecule has 142 valence electrons. The minimum absolute atomic E-state index is 0.0706. The molecule has 0 radical (unpaired) electrons. The smallest absolute Gasteiger partial charge is 0.253 e. The molecule has 1 fully saturated rings. The standard InChI is InChI=1S/C18H21N5O3S/c1-21-13-16(12-20-21)27(25,26)23-8-2-7-22(9-10-23)18(24)15-3-4-17-14(11-15)5-6-19-17/h3-6,11-13,19H,2,7-10H2,1H3. The summed E-state index contributed by atoms with van der Waals surface area (Å²) in [5, 5.41) is 4.93. The molecule has 1 aliphatic heterocycles. The number of aryl methyl sites for hydroxylation is 1. The second kappa shape index (κ2) is 6.82. The molecule has 0 saturated carbocycles. The first kappa shape index (κ1) is 17.7. The van der Waals surface area contributed by atoms with Gasteiger partial charge in [-0.15, -0.1) is 0 Å². The third-order valence-corrected chi connectivity index (χ3v) is 6.71. The van der Waals surface area contributed by atoms with Gasteiger partial charge < -0.3 is 9.88 Å². The van der Waals surface area contributed by atoms with Crippen molar-refractivity contribution in [2.24, 2.45) is 7.05 Å². The van der Waals surface area contributed by atoms with Gasteiger partial charge in [0.1, 0.15) is 4.90 Å². The van der Waals surface area contributed by atoms with Crippen LogP contribution in [0.4, 0.5) is 0 Å². The maximum absolute atomic E-state index is 12.9. The van der Waals surface area contributed by atoms with E-state index < -0.39 is 10.0 Å². The molecule has 8 nitrogen and oxygen atoms in total. The van der Waals surface area contributed by atoms with E-state index in [-0.39, 0.29) is 17.3 Å². The number of hydrogen-bond acceptors (Lipinski definition) is 4. The molecule has 1 N–H and O–H groups in total. The number of fused-ring (bicyclic) bond motifs is 1. The number of carbonyl (C=O) groups is 1. The third kappa shape index (κ3) is 3.35. The van der Waals surface area contributed by atoms with Gasteiger partial charge in [0, 0.05) is 62.1 Å². The predicted octanol–water partition coefficient (Wildman–Crippen LogP) is 1.44. The summed E-state index contributed by atoms with van der Waals surface area (Å²) in [6, 6.07) is 7.48. The van der Waals surface area contributed by atoms with E-state index in [0.29, 0.717) is 31.6 Å². The highest BCUT2D eigenvalue weighted by Crippen LogP contribution is 2.19. The number of rotatable bonds is 3. The average molecular weight is 387 g/mol. The van der Waals surface area contributed by atoms with Crippen molar-refractivity contribution in [3.8, 4) is 0 Å². The van der Waals surface area contributed by atoms with Crippen LogP contribution in [-0.2, 0) is 17.1 Å². The van der Waals surface area contributed by atoms with E-state index in [1.807, 2.05) is 24.4 Å². The summed E-state index contributed by atoms with van der Waals surface area (Å²) in [6.45, 7) is 1.56. The Morgan fingerprint density at radius 2 is 2.00 bits per heavy atom. The fourth-order valence-corrected chi connectivity index (χ4v) is 4.84. The zero-order chi connectivity index (χ0) is 19.0. The maximum Gasteiger partial charge on any atom is 0.253 e. The van der Waals surface area contributed by atoms with Crippen molar-refractivity contribution in [3.63, 3.8) is 0 Å². The lowest BCUT2D eigenvalue weighted by Gasteiger charge is -2.21. The molecule has 1 aliphatic rings. The lowest BCUT2D eigenvalue weighted by molar-refractivity contribution is 0.0764. The normalized spacial score (nSPS) is 16.6. The first-order valence-electron chi connectivity index (χ1n) is 8.80. The lowest BCUT2D eigenvalue weighted by atomic mass is 10.1. The largest absolute Gasteiger partial charge is 0.361 e. The second-order valence-corrected chi connectivity index (χ2v) is 8.62. The van der Waals surface area contributed by atoms with Crippen LogP contribution in [0.1, 0.15) is 16.8 Å². The number of nitrogens with zero attached hydrogens (tertiary/aromatic N) is 4. The monoisotopic (exact) mass is 387 g/mol. The Kier molecular flexibility index (Phi) is 4.48. The molecule has 3 heterocycles. The van der Waals surface area contributed by atoms with Crippen LogP contribution in [0.15, 0.2) is 47.8 Å². The van der Waals surface area contributed by atoms with Gasteiger partial charge in [0.15, 0.2) is 0 Å². The van der Waals surface area contributed by atoms with Gasteiger partial charge in [-0.25, -0.2) is 8.42 Å². The van der Waals surface area contributed by atoms with Crippen LogP contribution in [0.3, 0.4) is 0 Å². The number of benzene rings is 1. The fourth-order valence-electron chi connectivity index (χ4n) is 3.39. The number of aromatic nitrogens is 3. The number of amides is 1. The molecule has 1 amide bonds. The van der Waals surface area contributed by atoms with E-state index in [1.165, 1.54) is 21.4 Å². The van der Waals surface area contributed by atoms with Crippen LogP contribution >= 0.6 is 0 Å². The van der Waals surface area contributed by atoms with Crippen molar-refractivity contribution in [3.05, 3.63) is 48.4 Å². The van der Waals surface area contributed by atoms with Crippen LogP contribution in [0.5, 0.6) is 0 Å². The van der Waals surface area contributed by atoms with Crippen molar-refractivity contribution in [1.82, 2.24) is 24.0 Å². The Labute approximate surface area is 157 Å². The molecule has 3 aromatic rings. The summed E-state index contributed by atoms with van der Waals surface area (Å²) in [7, 11) is -1.91. The van der Waals surface area contributed by atoms with Crippen molar-refractivity contribution in [2.45, 2.75) is 11.3 Å². The summed E-state index contributed by atoms with van der Waals surface area (Å²) in [5.41, 5.74) is 1.60. The molecule has 9 heteroatoms. The zero-order valence-corrected chi connectivity index (χ0v) is 15.8. The van der Waals surface area contributed by atoms with Crippen LogP contribution < -0.4 is 0 Å². The van der Waals surface area contributed by atoms with Crippen LogP contribution in [0.2, 0.25) is 0 Å². The molecular weight excluding hydrogens is 366 g/mol. The highest BCUT2D eigenvalue weighted by molar-refractivity contribution is 7.89. The maximum atomic E-state index is 12.9. The second-order valence-electron chi connectivity index (χ2n) is 6.68. The van der Waals surface area contributed by atoms with E-state index in [2.05, 4.69) is 10.1 Å². The summed E-state index contributed by atoms with van der Waals surface area (Å²) in [6.07, 6.45) is 5.29. The van der Waals surface area contributed by atoms with Crippen LogP contribution in [-0.4, -0.2) is 64.5 Å². The highest BCUT2D eigenvalue weighted by Gasteiger charge is 2.29. The molecule has 0 aliphatic carbocycles. The van der Waals surface area contributed by atoms with Gasteiger partial charge in [0.2, 0.25) is 10.0 Å². The number of carbonyl (C=O) groups excluding carboxylic acids is 1. The molecule has 2 aromatic heterocycles. The van der Waals surface area contributed by atoms with E-state index in [1.54, 1.807) is 18.0 Å². The molecule has 1 aromatic carbocycles. The van der Waals surface area contributed by atoms with E-state index >= 15 is 0 Å². The SMILES string of the molecule is Cn1cc(S(=O)(=O)N2CCCN(C(=O)c3ccc4[nH]ccc4c3)CC2)cn1. The Morgan fingerprint density at radius 3 is 2.78 bits per heavy atom. The van der Waals surface area contributed by atoms with E-state index in [0.717, 1.165) is 10.9 Å². The number of sulfonamides is 1. The molecular formula is C18H21N5O3S. The number of hydrogen-bond donors (Lipinski definition) is 1.